The van der Waals surface area contributed by atoms with Crippen molar-refractivity contribution >= 4 is 0 Å². The molecule has 0 atom stereocenters. The van der Waals surface area contributed by atoms with Crippen molar-refractivity contribution in [3.8, 4) is 44.5 Å². The average Bonchev–Trinajstić information content (AvgIpc) is 2.89. The highest BCUT2D eigenvalue weighted by Crippen LogP contribution is 2.34. The van der Waals surface area contributed by atoms with Gasteiger partial charge in [-0.05, 0) is 73.7 Å². The predicted octanol–water partition coefficient (Wildman–Crippen LogP) is 9.65. The molecule has 5 rings (SSSR count). The fourth-order valence-electron chi connectivity index (χ4n) is 4.41. The molecule has 0 amide bonds. The lowest BCUT2D eigenvalue weighted by Crippen LogP contribution is -2.10. The smallest absolute Gasteiger partial charge is 0.0132 e. The third kappa shape index (κ3) is 4.72. The molecule has 0 bridgehead atoms. The third-order valence-corrected chi connectivity index (χ3v) is 6.43. The molecule has 5 aromatic rings. The van der Waals surface area contributed by atoms with Gasteiger partial charge in [0.1, 0.15) is 0 Å². The van der Waals surface area contributed by atoms with E-state index in [0.717, 1.165) is 0 Å². The van der Waals surface area contributed by atoms with E-state index in [9.17, 15) is 0 Å². The van der Waals surface area contributed by atoms with Crippen LogP contribution in [-0.2, 0) is 5.41 Å². The van der Waals surface area contributed by atoms with Crippen molar-refractivity contribution in [2.24, 2.45) is 0 Å². The molecule has 0 radical (unpaired) electrons. The molecule has 0 aromatic heterocycles. The van der Waals surface area contributed by atoms with Gasteiger partial charge in [0.2, 0.25) is 0 Å². The molecule has 0 heteroatoms. The van der Waals surface area contributed by atoms with E-state index < -0.39 is 0 Å². The first-order chi connectivity index (χ1) is 16.5. The summed E-state index contributed by atoms with van der Waals surface area (Å²) in [6, 6.07) is 46.1. The van der Waals surface area contributed by atoms with Crippen LogP contribution >= 0.6 is 0 Å². The molecule has 0 heterocycles. The van der Waals surface area contributed by atoms with E-state index in [1.807, 2.05) is 0 Å². The highest BCUT2D eigenvalue weighted by atomic mass is 14.2. The van der Waals surface area contributed by atoms with Crippen LogP contribution in [0.3, 0.4) is 0 Å². The Morgan fingerprint density at radius 3 is 1.15 bits per heavy atom. The zero-order valence-electron chi connectivity index (χ0n) is 20.1. The van der Waals surface area contributed by atoms with Crippen molar-refractivity contribution in [1.82, 2.24) is 0 Å². The quantitative estimate of drug-likeness (QED) is 0.262. The molecular weight excluding hydrogens is 408 g/mol. The van der Waals surface area contributed by atoms with E-state index in [1.54, 1.807) is 0 Å². The molecule has 0 N–H and O–H groups in total. The van der Waals surface area contributed by atoms with Crippen LogP contribution in [0.5, 0.6) is 0 Å². The molecule has 0 aliphatic heterocycles. The molecule has 0 nitrogen and oxygen atoms in total. The molecule has 0 saturated heterocycles. The Hall–Kier alpha value is -3.90. The fraction of sp³-hybridized carbons (Fsp3) is 0.118. The Labute approximate surface area is 203 Å². The summed E-state index contributed by atoms with van der Waals surface area (Å²) in [5.41, 5.74) is 11.4. The number of hydrogen-bond acceptors (Lipinski definition) is 0. The van der Waals surface area contributed by atoms with Gasteiger partial charge in [0.25, 0.3) is 0 Å². The van der Waals surface area contributed by atoms with Gasteiger partial charge in [0, 0.05) is 0 Å². The van der Waals surface area contributed by atoms with Crippen LogP contribution in [0.15, 0.2) is 127 Å². The highest BCUT2D eigenvalue weighted by molar-refractivity contribution is 5.82. The van der Waals surface area contributed by atoms with Gasteiger partial charge in [0.05, 0.1) is 0 Å². The first kappa shape index (κ1) is 21.9. The van der Waals surface area contributed by atoms with Crippen molar-refractivity contribution in [2.75, 3.05) is 0 Å². The lowest BCUT2D eigenvalue weighted by molar-refractivity contribution is 0.590. The summed E-state index contributed by atoms with van der Waals surface area (Å²) < 4.78 is 0. The summed E-state index contributed by atoms with van der Waals surface area (Å²) in [4.78, 5) is 0. The first-order valence-corrected chi connectivity index (χ1v) is 11.9. The van der Waals surface area contributed by atoms with Gasteiger partial charge in [0.15, 0.2) is 0 Å². The van der Waals surface area contributed by atoms with Crippen LogP contribution in [0, 0.1) is 0 Å². The van der Waals surface area contributed by atoms with Gasteiger partial charge in [-0.1, -0.05) is 130 Å². The van der Waals surface area contributed by atoms with E-state index in [1.165, 1.54) is 50.1 Å². The Kier molecular flexibility index (Phi) is 5.90. The minimum Gasteiger partial charge on any atom is -0.0622 e. The summed E-state index contributed by atoms with van der Waals surface area (Å²) in [5.74, 6) is 0. The Balaban J connectivity index is 1.56. The monoisotopic (exact) mass is 438 g/mol. The van der Waals surface area contributed by atoms with E-state index in [4.69, 9.17) is 0 Å². The van der Waals surface area contributed by atoms with Crippen LogP contribution in [0.2, 0.25) is 0 Å². The predicted molar refractivity (Wildman–Crippen MR) is 147 cm³/mol. The standard InChI is InChI=1S/C34H30/c1-34(2,3)33-16-10-15-29(24-33)27-17-19-28(20-18-27)32-22-30(25-11-6-4-7-12-25)21-31(23-32)26-13-8-5-9-14-26/h4-24H,1-3H3. The van der Waals surface area contributed by atoms with Crippen molar-refractivity contribution in [3.63, 3.8) is 0 Å². The lowest BCUT2D eigenvalue weighted by Gasteiger charge is -2.20. The number of rotatable bonds is 4. The lowest BCUT2D eigenvalue weighted by atomic mass is 9.85. The summed E-state index contributed by atoms with van der Waals surface area (Å²) in [7, 11) is 0. The normalized spacial score (nSPS) is 11.4. The van der Waals surface area contributed by atoms with E-state index in [-0.39, 0.29) is 5.41 Å². The summed E-state index contributed by atoms with van der Waals surface area (Å²) in [6.07, 6.45) is 0. The average molecular weight is 439 g/mol. The van der Waals surface area contributed by atoms with Gasteiger partial charge in [-0.3, -0.25) is 0 Å². The maximum atomic E-state index is 2.32. The van der Waals surface area contributed by atoms with Crippen molar-refractivity contribution in [3.05, 3.63) is 133 Å². The summed E-state index contributed by atoms with van der Waals surface area (Å²) in [6.45, 7) is 6.79. The molecule has 0 spiro atoms. The largest absolute Gasteiger partial charge is 0.0622 e. The molecule has 0 unspecified atom stereocenters. The SMILES string of the molecule is CC(C)(C)c1cccc(-c2ccc(-c3cc(-c4ccccc4)cc(-c4ccccc4)c3)cc2)c1. The third-order valence-electron chi connectivity index (χ3n) is 6.43. The minimum atomic E-state index is 0.141. The Morgan fingerprint density at radius 1 is 0.324 bits per heavy atom. The second-order valence-electron chi connectivity index (χ2n) is 9.94. The van der Waals surface area contributed by atoms with Crippen molar-refractivity contribution in [2.45, 2.75) is 26.2 Å². The Bertz CT molecular complexity index is 1330. The highest BCUT2D eigenvalue weighted by Gasteiger charge is 2.14. The summed E-state index contributed by atoms with van der Waals surface area (Å²) in [5, 5.41) is 0. The topological polar surface area (TPSA) is 0 Å². The first-order valence-electron chi connectivity index (χ1n) is 11.9. The van der Waals surface area contributed by atoms with Crippen LogP contribution in [0.25, 0.3) is 44.5 Å². The molecular formula is C34H30. The molecule has 0 saturated carbocycles. The second-order valence-corrected chi connectivity index (χ2v) is 9.94. The molecule has 0 fully saturated rings. The maximum absolute atomic E-state index is 2.32. The zero-order chi connectivity index (χ0) is 23.5. The minimum absolute atomic E-state index is 0.141. The molecule has 5 aromatic carbocycles. The van der Waals surface area contributed by atoms with Crippen molar-refractivity contribution in [1.29, 1.82) is 0 Å². The van der Waals surface area contributed by atoms with Crippen LogP contribution in [-0.4, -0.2) is 0 Å². The van der Waals surface area contributed by atoms with Gasteiger partial charge in [-0.25, -0.2) is 0 Å². The molecule has 0 aliphatic rings. The number of hydrogen-bond donors (Lipinski definition) is 0. The maximum Gasteiger partial charge on any atom is -0.0132 e. The van der Waals surface area contributed by atoms with Gasteiger partial charge in [-0.2, -0.15) is 0 Å². The van der Waals surface area contributed by atoms with Crippen LogP contribution < -0.4 is 0 Å². The molecule has 0 aliphatic carbocycles. The van der Waals surface area contributed by atoms with E-state index >= 15 is 0 Å². The zero-order valence-corrected chi connectivity index (χ0v) is 20.1. The van der Waals surface area contributed by atoms with E-state index in [0.29, 0.717) is 0 Å². The second kappa shape index (κ2) is 9.15. The van der Waals surface area contributed by atoms with Gasteiger partial charge < -0.3 is 0 Å². The van der Waals surface area contributed by atoms with E-state index in [2.05, 4.69) is 148 Å². The van der Waals surface area contributed by atoms with Gasteiger partial charge >= 0.3 is 0 Å². The number of benzene rings is 5. The van der Waals surface area contributed by atoms with Crippen molar-refractivity contribution < 1.29 is 0 Å². The Morgan fingerprint density at radius 2 is 0.706 bits per heavy atom. The van der Waals surface area contributed by atoms with Crippen LogP contribution in [0.1, 0.15) is 26.3 Å². The van der Waals surface area contributed by atoms with Gasteiger partial charge in [-0.15, -0.1) is 0 Å². The summed E-state index contributed by atoms with van der Waals surface area (Å²) >= 11 is 0. The molecule has 166 valence electrons. The fourth-order valence-corrected chi connectivity index (χ4v) is 4.41. The van der Waals surface area contributed by atoms with Crippen LogP contribution in [0.4, 0.5) is 0 Å². The molecule has 34 heavy (non-hydrogen) atoms.